The number of Topliss-reactive ketones (excluding diaryl/α,β-unsaturated/α-hetero) is 1. The fourth-order valence-electron chi connectivity index (χ4n) is 3.86. The number of nitrogens with zero attached hydrogens (tertiary/aromatic N) is 1. The molecule has 6 nitrogen and oxygen atoms in total. The first-order valence-electron chi connectivity index (χ1n) is 10.4. The van der Waals surface area contributed by atoms with Gasteiger partial charge in [0.25, 0.3) is 11.7 Å². The molecule has 1 saturated heterocycles. The van der Waals surface area contributed by atoms with Crippen LogP contribution in [0.1, 0.15) is 31.0 Å². The maximum Gasteiger partial charge on any atom is 0.300 e. The molecule has 1 aliphatic rings. The molecule has 3 aromatic rings. The Hall–Kier alpha value is -3.77. The Morgan fingerprint density at radius 3 is 2.36 bits per heavy atom. The van der Waals surface area contributed by atoms with Crippen LogP contribution in [0.25, 0.3) is 5.76 Å². The third-order valence-corrected chi connectivity index (χ3v) is 5.47. The molecule has 2 N–H and O–H groups in total. The monoisotopic (exact) mass is 463 g/mol. The minimum atomic E-state index is -0.951. The molecule has 1 atom stereocenters. The minimum absolute atomic E-state index is 0.0264. The third kappa shape index (κ3) is 4.43. The van der Waals surface area contributed by atoms with E-state index in [2.05, 4.69) is 0 Å². The van der Waals surface area contributed by atoms with E-state index < -0.39 is 17.7 Å². The van der Waals surface area contributed by atoms with Crippen LogP contribution in [0.3, 0.4) is 0 Å². The minimum Gasteiger partial charge on any atom is -0.508 e. The molecule has 168 valence electrons. The van der Waals surface area contributed by atoms with Crippen molar-refractivity contribution in [2.75, 3.05) is 4.90 Å². The lowest BCUT2D eigenvalue weighted by Gasteiger charge is -2.25. The van der Waals surface area contributed by atoms with Crippen LogP contribution < -0.4 is 9.64 Å². The molecule has 3 aromatic carbocycles. The molecule has 0 aliphatic carbocycles. The van der Waals surface area contributed by atoms with Gasteiger partial charge in [0.05, 0.1) is 17.7 Å². The Balaban J connectivity index is 1.91. The van der Waals surface area contributed by atoms with Crippen molar-refractivity contribution in [2.45, 2.75) is 26.0 Å². The maximum atomic E-state index is 13.2. The smallest absolute Gasteiger partial charge is 0.300 e. The number of halogens is 1. The van der Waals surface area contributed by atoms with Gasteiger partial charge in [-0.2, -0.15) is 0 Å². The van der Waals surface area contributed by atoms with Gasteiger partial charge in [-0.1, -0.05) is 35.9 Å². The average molecular weight is 464 g/mol. The second-order valence-electron chi connectivity index (χ2n) is 7.93. The van der Waals surface area contributed by atoms with Crippen LogP contribution in [-0.2, 0) is 9.59 Å². The van der Waals surface area contributed by atoms with E-state index in [1.807, 2.05) is 13.8 Å². The third-order valence-electron chi connectivity index (χ3n) is 5.21. The number of phenols is 1. The number of phenolic OH excluding ortho intramolecular Hbond substituents is 1. The summed E-state index contributed by atoms with van der Waals surface area (Å²) in [6.45, 7) is 3.76. The molecule has 0 radical (unpaired) electrons. The summed E-state index contributed by atoms with van der Waals surface area (Å²) in [6.07, 6.45) is -0.0785. The first kappa shape index (κ1) is 22.4. The molecule has 1 heterocycles. The number of carbonyl (C=O) groups excluding carboxylic acids is 2. The predicted molar refractivity (Wildman–Crippen MR) is 127 cm³/mol. The van der Waals surface area contributed by atoms with Crippen molar-refractivity contribution in [2.24, 2.45) is 0 Å². The zero-order valence-corrected chi connectivity index (χ0v) is 18.8. The fraction of sp³-hybridized carbons (Fsp3) is 0.154. The summed E-state index contributed by atoms with van der Waals surface area (Å²) in [5.74, 6) is -1.45. The number of benzene rings is 3. The van der Waals surface area contributed by atoms with Gasteiger partial charge < -0.3 is 14.9 Å². The summed E-state index contributed by atoms with van der Waals surface area (Å²) in [6, 6.07) is 18.5. The number of ketones is 1. The van der Waals surface area contributed by atoms with Crippen molar-refractivity contribution in [3.63, 3.8) is 0 Å². The summed E-state index contributed by atoms with van der Waals surface area (Å²) in [7, 11) is 0. The molecule has 0 spiro atoms. The first-order valence-corrected chi connectivity index (χ1v) is 10.8. The maximum absolute atomic E-state index is 13.2. The summed E-state index contributed by atoms with van der Waals surface area (Å²) in [5, 5.41) is 21.8. The predicted octanol–water partition coefficient (Wildman–Crippen LogP) is 5.46. The quantitative estimate of drug-likeness (QED) is 0.298. The Morgan fingerprint density at radius 2 is 1.70 bits per heavy atom. The van der Waals surface area contributed by atoms with Crippen LogP contribution in [-0.4, -0.2) is 28.0 Å². The van der Waals surface area contributed by atoms with Crippen molar-refractivity contribution in [3.05, 3.63) is 94.5 Å². The number of aliphatic hydroxyl groups excluding tert-OH is 1. The second-order valence-corrected chi connectivity index (χ2v) is 8.37. The molecule has 1 aliphatic heterocycles. The zero-order chi connectivity index (χ0) is 23.7. The summed E-state index contributed by atoms with van der Waals surface area (Å²) in [4.78, 5) is 27.6. The second kappa shape index (κ2) is 9.00. The SMILES string of the molecule is CC(C)Oc1cccc(/C(O)=C2/C(=O)C(=O)N(c3ccc(Cl)cc3)C2c2cccc(O)c2)c1. The molecule has 7 heteroatoms. The number of amides is 1. The van der Waals surface area contributed by atoms with Gasteiger partial charge in [-0.25, -0.2) is 0 Å². The van der Waals surface area contributed by atoms with E-state index in [1.165, 1.54) is 17.0 Å². The van der Waals surface area contributed by atoms with Crippen molar-refractivity contribution in [1.29, 1.82) is 0 Å². The highest BCUT2D eigenvalue weighted by Gasteiger charge is 2.47. The first-order chi connectivity index (χ1) is 15.8. The highest BCUT2D eigenvalue weighted by atomic mass is 35.5. The number of anilines is 1. The number of carbonyl (C=O) groups is 2. The molecule has 1 amide bonds. The Bertz CT molecular complexity index is 1250. The van der Waals surface area contributed by atoms with Crippen LogP contribution in [0, 0.1) is 0 Å². The normalized spacial score (nSPS) is 17.6. The number of hydrogen-bond donors (Lipinski definition) is 2. The highest BCUT2D eigenvalue weighted by Crippen LogP contribution is 2.43. The van der Waals surface area contributed by atoms with E-state index >= 15 is 0 Å². The summed E-state index contributed by atoms with van der Waals surface area (Å²) >= 11 is 6.00. The van der Waals surface area contributed by atoms with Crippen molar-refractivity contribution >= 4 is 34.7 Å². The van der Waals surface area contributed by atoms with Gasteiger partial charge in [-0.15, -0.1) is 0 Å². The van der Waals surface area contributed by atoms with E-state index in [0.29, 0.717) is 27.6 Å². The number of aromatic hydroxyl groups is 1. The summed E-state index contributed by atoms with van der Waals surface area (Å²) < 4.78 is 5.70. The van der Waals surface area contributed by atoms with Crippen LogP contribution in [0.5, 0.6) is 11.5 Å². The van der Waals surface area contributed by atoms with Crippen LogP contribution in [0.4, 0.5) is 5.69 Å². The summed E-state index contributed by atoms with van der Waals surface area (Å²) in [5.41, 5.74) is 1.17. The molecular formula is C26H22ClNO5. The Labute approximate surface area is 196 Å². The van der Waals surface area contributed by atoms with Gasteiger partial charge in [-0.3, -0.25) is 14.5 Å². The molecule has 1 fully saturated rings. The lowest BCUT2D eigenvalue weighted by Crippen LogP contribution is -2.29. The standard InChI is InChI=1S/C26H22ClNO5/c1-15(2)33-21-8-4-6-17(14-21)24(30)22-23(16-5-3-7-20(29)13-16)28(26(32)25(22)31)19-11-9-18(27)10-12-19/h3-15,23,29-30H,1-2H3/b24-22-. The Kier molecular flexibility index (Phi) is 6.11. The van der Waals surface area contributed by atoms with Crippen molar-refractivity contribution in [3.8, 4) is 11.5 Å². The topological polar surface area (TPSA) is 87.1 Å². The van der Waals surface area contributed by atoms with E-state index in [0.717, 1.165) is 0 Å². The van der Waals surface area contributed by atoms with Gasteiger partial charge in [-0.05, 0) is 67.9 Å². The molecule has 4 rings (SSSR count). The van der Waals surface area contributed by atoms with E-state index in [4.69, 9.17) is 16.3 Å². The van der Waals surface area contributed by atoms with Crippen LogP contribution >= 0.6 is 11.6 Å². The van der Waals surface area contributed by atoms with E-state index in [1.54, 1.807) is 60.7 Å². The van der Waals surface area contributed by atoms with Gasteiger partial charge in [0, 0.05) is 16.3 Å². The molecule has 33 heavy (non-hydrogen) atoms. The van der Waals surface area contributed by atoms with Crippen molar-refractivity contribution < 1.29 is 24.5 Å². The molecule has 0 aromatic heterocycles. The number of aliphatic hydroxyl groups is 1. The molecule has 1 unspecified atom stereocenters. The number of rotatable bonds is 5. The number of ether oxygens (including phenoxy) is 1. The lowest BCUT2D eigenvalue weighted by atomic mass is 9.95. The lowest BCUT2D eigenvalue weighted by molar-refractivity contribution is -0.132. The average Bonchev–Trinajstić information content (AvgIpc) is 3.04. The molecular weight excluding hydrogens is 442 g/mol. The molecule has 0 saturated carbocycles. The van der Waals surface area contributed by atoms with Crippen LogP contribution in [0.2, 0.25) is 5.02 Å². The largest absolute Gasteiger partial charge is 0.508 e. The van der Waals surface area contributed by atoms with E-state index in [-0.39, 0.29) is 23.2 Å². The zero-order valence-electron chi connectivity index (χ0n) is 18.0. The van der Waals surface area contributed by atoms with Gasteiger partial charge in [0.2, 0.25) is 0 Å². The Morgan fingerprint density at radius 1 is 1.00 bits per heavy atom. The highest BCUT2D eigenvalue weighted by molar-refractivity contribution is 6.51. The molecule has 0 bridgehead atoms. The van der Waals surface area contributed by atoms with Crippen molar-refractivity contribution in [1.82, 2.24) is 0 Å². The van der Waals surface area contributed by atoms with Gasteiger partial charge in [0.15, 0.2) is 0 Å². The fourth-order valence-corrected chi connectivity index (χ4v) is 3.98. The van der Waals surface area contributed by atoms with Gasteiger partial charge >= 0.3 is 0 Å². The van der Waals surface area contributed by atoms with Gasteiger partial charge in [0.1, 0.15) is 17.3 Å². The number of hydrogen-bond acceptors (Lipinski definition) is 5. The van der Waals surface area contributed by atoms with E-state index in [9.17, 15) is 19.8 Å². The van der Waals surface area contributed by atoms with Crippen LogP contribution in [0.15, 0.2) is 78.4 Å².